The molecule has 1 N–H and O–H groups in total. The van der Waals surface area contributed by atoms with Crippen LogP contribution in [-0.2, 0) is 9.53 Å². The number of fused-ring (bicyclic) bond motifs is 1. The van der Waals surface area contributed by atoms with E-state index >= 15 is 0 Å². The van der Waals surface area contributed by atoms with Crippen molar-refractivity contribution in [3.8, 4) is 11.3 Å². The van der Waals surface area contributed by atoms with Gasteiger partial charge >= 0.3 is 5.97 Å². The summed E-state index contributed by atoms with van der Waals surface area (Å²) in [6.45, 7) is -0.524. The number of halogens is 3. The minimum atomic E-state index is -0.695. The van der Waals surface area contributed by atoms with E-state index in [9.17, 15) is 14.0 Å². The average Bonchev–Trinajstić information content (AvgIpc) is 2.80. The van der Waals surface area contributed by atoms with Gasteiger partial charge in [-0.25, -0.2) is 14.2 Å². The Morgan fingerprint density at radius 1 is 0.969 bits per heavy atom. The maximum absolute atomic E-state index is 13.3. The molecule has 0 fully saturated rings. The number of nitrogens with zero attached hydrogens (tertiary/aromatic N) is 1. The molecule has 0 aliphatic heterocycles. The molecule has 0 radical (unpaired) electrons. The van der Waals surface area contributed by atoms with Crippen LogP contribution in [0.2, 0.25) is 10.0 Å². The molecule has 0 aliphatic rings. The Morgan fingerprint density at radius 2 is 1.72 bits per heavy atom. The maximum Gasteiger partial charge on any atom is 0.339 e. The number of hydrogen-bond acceptors (Lipinski definition) is 4. The van der Waals surface area contributed by atoms with Crippen LogP contribution in [0.15, 0.2) is 72.8 Å². The second-order valence-corrected chi connectivity index (χ2v) is 7.59. The van der Waals surface area contributed by atoms with E-state index < -0.39 is 18.5 Å². The number of benzene rings is 3. The predicted octanol–water partition coefficient (Wildman–Crippen LogP) is 6.14. The van der Waals surface area contributed by atoms with Gasteiger partial charge in [-0.05, 0) is 48.5 Å². The number of aromatic nitrogens is 1. The highest BCUT2D eigenvalue weighted by atomic mass is 35.5. The van der Waals surface area contributed by atoms with Crippen LogP contribution < -0.4 is 5.32 Å². The molecule has 0 atom stereocenters. The first kappa shape index (κ1) is 21.7. The van der Waals surface area contributed by atoms with Gasteiger partial charge in [0.15, 0.2) is 6.61 Å². The van der Waals surface area contributed by atoms with Crippen molar-refractivity contribution >= 4 is 51.7 Å². The summed E-state index contributed by atoms with van der Waals surface area (Å²) in [5.41, 5.74) is 2.23. The van der Waals surface area contributed by atoms with Crippen molar-refractivity contribution in [3.05, 3.63) is 94.2 Å². The Kier molecular flexibility index (Phi) is 6.35. The molecule has 8 heteroatoms. The molecule has 160 valence electrons. The molecule has 4 aromatic rings. The molecule has 4 rings (SSSR count). The number of pyridine rings is 1. The zero-order valence-electron chi connectivity index (χ0n) is 16.4. The quantitative estimate of drug-likeness (QED) is 0.357. The summed E-state index contributed by atoms with van der Waals surface area (Å²) >= 11 is 12.0. The monoisotopic (exact) mass is 468 g/mol. The Hall–Kier alpha value is -3.48. The lowest BCUT2D eigenvalue weighted by Crippen LogP contribution is -2.21. The van der Waals surface area contributed by atoms with E-state index in [0.29, 0.717) is 27.8 Å². The Labute approximate surface area is 192 Å². The summed E-state index contributed by atoms with van der Waals surface area (Å²) in [7, 11) is 0. The highest BCUT2D eigenvalue weighted by molar-refractivity contribution is 6.44. The minimum Gasteiger partial charge on any atom is -0.452 e. The van der Waals surface area contributed by atoms with Crippen LogP contribution in [-0.4, -0.2) is 23.5 Å². The zero-order chi connectivity index (χ0) is 22.7. The van der Waals surface area contributed by atoms with Crippen LogP contribution in [0.1, 0.15) is 10.4 Å². The Bertz CT molecular complexity index is 1330. The summed E-state index contributed by atoms with van der Waals surface area (Å²) in [6.07, 6.45) is 0. The maximum atomic E-state index is 13.3. The highest BCUT2D eigenvalue weighted by Crippen LogP contribution is 2.29. The first-order chi connectivity index (χ1) is 15.4. The smallest absolute Gasteiger partial charge is 0.339 e. The number of carbonyl (C=O) groups is 2. The normalized spacial score (nSPS) is 10.7. The summed E-state index contributed by atoms with van der Waals surface area (Å²) in [4.78, 5) is 29.6. The van der Waals surface area contributed by atoms with Crippen molar-refractivity contribution in [3.63, 3.8) is 0 Å². The number of para-hydroxylation sites is 1. The third-order valence-corrected chi connectivity index (χ3v) is 5.46. The van der Waals surface area contributed by atoms with Gasteiger partial charge in [0.1, 0.15) is 5.82 Å². The van der Waals surface area contributed by atoms with E-state index in [0.717, 1.165) is 0 Å². The number of anilines is 1. The number of nitrogens with one attached hydrogen (secondary N) is 1. The van der Waals surface area contributed by atoms with Gasteiger partial charge in [-0.1, -0.05) is 47.5 Å². The van der Waals surface area contributed by atoms with Gasteiger partial charge in [-0.2, -0.15) is 0 Å². The van der Waals surface area contributed by atoms with E-state index in [4.69, 9.17) is 27.9 Å². The second-order valence-electron chi connectivity index (χ2n) is 6.80. The number of carbonyl (C=O) groups excluding carboxylic acids is 2. The first-order valence-corrected chi connectivity index (χ1v) is 10.2. The van der Waals surface area contributed by atoms with Crippen LogP contribution in [0, 0.1) is 5.82 Å². The lowest BCUT2D eigenvalue weighted by atomic mass is 10.0. The molecule has 0 bridgehead atoms. The largest absolute Gasteiger partial charge is 0.452 e. The summed E-state index contributed by atoms with van der Waals surface area (Å²) < 4.78 is 18.5. The topological polar surface area (TPSA) is 68.3 Å². The number of hydrogen-bond donors (Lipinski definition) is 1. The third kappa shape index (κ3) is 4.72. The number of esters is 1. The number of ether oxygens (including phenoxy) is 1. The molecule has 5 nitrogen and oxygen atoms in total. The van der Waals surface area contributed by atoms with Crippen LogP contribution in [0.4, 0.5) is 10.1 Å². The van der Waals surface area contributed by atoms with Crippen molar-refractivity contribution in [1.82, 2.24) is 4.98 Å². The minimum absolute atomic E-state index is 0.193. The van der Waals surface area contributed by atoms with Gasteiger partial charge in [-0.3, -0.25) is 4.79 Å². The first-order valence-electron chi connectivity index (χ1n) is 9.49. The van der Waals surface area contributed by atoms with Crippen LogP contribution in [0.5, 0.6) is 0 Å². The summed E-state index contributed by atoms with van der Waals surface area (Å²) in [6, 6.07) is 19.2. The number of amides is 1. The predicted molar refractivity (Wildman–Crippen MR) is 123 cm³/mol. The Balaban J connectivity index is 1.56. The van der Waals surface area contributed by atoms with Crippen molar-refractivity contribution in [1.29, 1.82) is 0 Å². The molecular formula is C24H15Cl2FN2O3. The summed E-state index contributed by atoms with van der Waals surface area (Å²) in [5, 5.41) is 3.61. The SMILES string of the molecule is O=C(COC(=O)c1cc(-c2ccc(F)cc2)nc2ccccc12)Nc1cccc(Cl)c1Cl. The lowest BCUT2D eigenvalue weighted by molar-refractivity contribution is -0.119. The van der Waals surface area contributed by atoms with E-state index in [1.54, 1.807) is 60.7 Å². The van der Waals surface area contributed by atoms with E-state index in [2.05, 4.69) is 10.3 Å². The van der Waals surface area contributed by atoms with Gasteiger partial charge < -0.3 is 10.1 Å². The molecule has 1 amide bonds. The summed E-state index contributed by atoms with van der Waals surface area (Å²) in [5.74, 6) is -1.64. The number of rotatable bonds is 5. The molecule has 0 spiro atoms. The zero-order valence-corrected chi connectivity index (χ0v) is 18.0. The van der Waals surface area contributed by atoms with Crippen LogP contribution >= 0.6 is 23.2 Å². The van der Waals surface area contributed by atoms with Crippen molar-refractivity contribution < 1.29 is 18.7 Å². The Morgan fingerprint density at radius 3 is 2.50 bits per heavy atom. The van der Waals surface area contributed by atoms with Gasteiger partial charge in [0.05, 0.1) is 32.5 Å². The molecular weight excluding hydrogens is 454 g/mol. The van der Waals surface area contributed by atoms with E-state index in [1.165, 1.54) is 12.1 Å². The van der Waals surface area contributed by atoms with Gasteiger partial charge in [-0.15, -0.1) is 0 Å². The molecule has 0 saturated heterocycles. The van der Waals surface area contributed by atoms with Gasteiger partial charge in [0.2, 0.25) is 0 Å². The molecule has 0 saturated carbocycles. The van der Waals surface area contributed by atoms with Crippen LogP contribution in [0.25, 0.3) is 22.2 Å². The molecule has 0 aliphatic carbocycles. The molecule has 1 aromatic heterocycles. The third-order valence-electron chi connectivity index (χ3n) is 4.64. The standard InChI is InChI=1S/C24H15Cl2FN2O3/c25-18-5-3-7-20(23(18)26)29-22(30)13-32-24(31)17-12-21(14-8-10-15(27)11-9-14)28-19-6-2-1-4-16(17)19/h1-12H,13H2,(H,29,30). The van der Waals surface area contributed by atoms with E-state index in [-0.39, 0.29) is 21.4 Å². The highest BCUT2D eigenvalue weighted by Gasteiger charge is 2.17. The van der Waals surface area contributed by atoms with Crippen molar-refractivity contribution in [2.75, 3.05) is 11.9 Å². The second kappa shape index (κ2) is 9.34. The van der Waals surface area contributed by atoms with Crippen molar-refractivity contribution in [2.24, 2.45) is 0 Å². The molecule has 3 aromatic carbocycles. The fourth-order valence-electron chi connectivity index (χ4n) is 3.11. The average molecular weight is 469 g/mol. The van der Waals surface area contributed by atoms with E-state index in [1.807, 2.05) is 0 Å². The van der Waals surface area contributed by atoms with Gasteiger partial charge in [0, 0.05) is 10.9 Å². The lowest BCUT2D eigenvalue weighted by Gasteiger charge is -2.11. The van der Waals surface area contributed by atoms with Gasteiger partial charge in [0.25, 0.3) is 5.91 Å². The fourth-order valence-corrected chi connectivity index (χ4v) is 3.46. The molecule has 32 heavy (non-hydrogen) atoms. The molecule has 0 unspecified atom stereocenters. The molecule has 1 heterocycles. The van der Waals surface area contributed by atoms with Crippen molar-refractivity contribution in [2.45, 2.75) is 0 Å². The van der Waals surface area contributed by atoms with Crippen LogP contribution in [0.3, 0.4) is 0 Å². The fraction of sp³-hybridized carbons (Fsp3) is 0.0417.